The van der Waals surface area contributed by atoms with Crippen molar-refractivity contribution >= 4 is 10.4 Å². The Morgan fingerprint density at radius 2 is 1.87 bits per heavy atom. The quantitative estimate of drug-likeness (QED) is 0.798. The van der Waals surface area contributed by atoms with E-state index in [1.165, 1.54) is 13.1 Å². The van der Waals surface area contributed by atoms with Crippen LogP contribution in [-0.2, 0) is 14.6 Å². The van der Waals surface area contributed by atoms with Gasteiger partial charge in [-0.2, -0.15) is 13.5 Å². The van der Waals surface area contributed by atoms with Gasteiger partial charge in [-0.3, -0.25) is 9.96 Å². The standard InChI is InChI=1S/C12H13N3O.C2H6O4S/c1-2-16-12-8-10(13)9-14-15(12)11-6-4-3-5-7-11;1-2-6-7(3,4)5/h3-9,13H,2H2,1H3;2H2,1H3,(H,3,4,5). The minimum absolute atomic E-state index is 0.0289. The first-order valence-corrected chi connectivity index (χ1v) is 8.18. The molecule has 0 unspecified atom stereocenters. The van der Waals surface area contributed by atoms with Gasteiger partial charge in [-0.05, 0) is 26.0 Å². The molecular formula is C14H19N3O5S. The van der Waals surface area contributed by atoms with Gasteiger partial charge in [0.1, 0.15) is 0 Å². The lowest BCUT2D eigenvalue weighted by Crippen LogP contribution is -2.12. The number of para-hydroxylation sites is 1. The molecule has 126 valence electrons. The van der Waals surface area contributed by atoms with Gasteiger partial charge < -0.3 is 4.74 Å². The fraction of sp³-hybridized carbons (Fsp3) is 0.286. The predicted octanol–water partition coefficient (Wildman–Crippen LogP) is 1.58. The van der Waals surface area contributed by atoms with E-state index in [1.807, 2.05) is 37.3 Å². The Hall–Kier alpha value is -2.23. The summed E-state index contributed by atoms with van der Waals surface area (Å²) in [5, 5.41) is 12.0. The number of hydrogen-bond acceptors (Lipinski definition) is 6. The summed E-state index contributed by atoms with van der Waals surface area (Å²) in [6.45, 7) is 3.90. The molecule has 1 heterocycles. The molecule has 0 saturated carbocycles. The number of hydrogen-bond donors (Lipinski definition) is 2. The Labute approximate surface area is 134 Å². The van der Waals surface area contributed by atoms with Crippen LogP contribution >= 0.6 is 0 Å². The van der Waals surface area contributed by atoms with Crippen LogP contribution in [-0.4, -0.2) is 36.0 Å². The zero-order valence-electron chi connectivity index (χ0n) is 12.8. The fourth-order valence-corrected chi connectivity index (χ4v) is 1.87. The minimum atomic E-state index is -4.17. The number of rotatable bonds is 5. The van der Waals surface area contributed by atoms with Crippen LogP contribution in [0.1, 0.15) is 13.8 Å². The first-order chi connectivity index (χ1) is 10.9. The molecule has 0 spiro atoms. The van der Waals surface area contributed by atoms with Crippen molar-refractivity contribution in [3.63, 3.8) is 0 Å². The maximum absolute atomic E-state index is 9.56. The second-order valence-corrected chi connectivity index (χ2v) is 5.19. The number of benzene rings is 1. The van der Waals surface area contributed by atoms with Crippen LogP contribution in [0, 0.1) is 5.41 Å². The first kappa shape index (κ1) is 18.8. The summed E-state index contributed by atoms with van der Waals surface area (Å²) in [5.41, 5.74) is 0.922. The highest BCUT2D eigenvalue weighted by molar-refractivity contribution is 7.80. The molecular weight excluding hydrogens is 322 g/mol. The lowest BCUT2D eigenvalue weighted by Gasteiger charge is -2.11. The van der Waals surface area contributed by atoms with Gasteiger partial charge in [0.2, 0.25) is 5.88 Å². The second-order valence-electron chi connectivity index (χ2n) is 4.10. The lowest BCUT2D eigenvalue weighted by atomic mass is 10.3. The Morgan fingerprint density at radius 3 is 2.35 bits per heavy atom. The average molecular weight is 341 g/mol. The number of aromatic nitrogens is 2. The van der Waals surface area contributed by atoms with E-state index < -0.39 is 10.4 Å². The van der Waals surface area contributed by atoms with Crippen LogP contribution < -0.4 is 10.1 Å². The summed E-state index contributed by atoms with van der Waals surface area (Å²) in [6.07, 6.45) is 1.50. The molecule has 0 aliphatic heterocycles. The van der Waals surface area contributed by atoms with E-state index in [-0.39, 0.29) is 6.61 Å². The second kappa shape index (κ2) is 9.03. The van der Waals surface area contributed by atoms with Crippen LogP contribution in [0.4, 0.5) is 0 Å². The molecule has 0 radical (unpaired) electrons. The zero-order valence-corrected chi connectivity index (χ0v) is 13.7. The Kier molecular flexibility index (Phi) is 7.39. The molecule has 9 heteroatoms. The third-order valence-corrected chi connectivity index (χ3v) is 2.89. The van der Waals surface area contributed by atoms with Crippen LogP contribution in [0.3, 0.4) is 0 Å². The van der Waals surface area contributed by atoms with Crippen LogP contribution in [0.15, 0.2) is 42.6 Å². The van der Waals surface area contributed by atoms with Gasteiger partial charge in [-0.15, -0.1) is 0 Å². The van der Waals surface area contributed by atoms with Gasteiger partial charge in [0.05, 0.1) is 30.5 Å². The Balaban J connectivity index is 0.000000322. The van der Waals surface area contributed by atoms with Crippen molar-refractivity contribution in [1.29, 1.82) is 5.41 Å². The van der Waals surface area contributed by atoms with Gasteiger partial charge in [-0.1, -0.05) is 18.2 Å². The summed E-state index contributed by atoms with van der Waals surface area (Å²) in [7, 11) is -4.17. The third-order valence-electron chi connectivity index (χ3n) is 2.36. The number of ether oxygens (including phenoxy) is 1. The molecule has 0 aliphatic carbocycles. The molecule has 2 rings (SSSR count). The summed E-state index contributed by atoms with van der Waals surface area (Å²) in [4.78, 5) is 0. The van der Waals surface area contributed by atoms with Gasteiger partial charge in [0.25, 0.3) is 0 Å². The van der Waals surface area contributed by atoms with E-state index in [0.29, 0.717) is 17.8 Å². The topological polar surface area (TPSA) is 114 Å². The highest BCUT2D eigenvalue weighted by Crippen LogP contribution is 2.13. The van der Waals surface area contributed by atoms with Crippen molar-refractivity contribution in [3.05, 3.63) is 48.0 Å². The molecule has 8 nitrogen and oxygen atoms in total. The molecule has 2 N–H and O–H groups in total. The summed E-state index contributed by atoms with van der Waals surface area (Å²) < 4.78 is 37.8. The van der Waals surface area contributed by atoms with E-state index in [9.17, 15) is 8.42 Å². The summed E-state index contributed by atoms with van der Waals surface area (Å²) in [5.74, 6) is 0.584. The predicted molar refractivity (Wildman–Crippen MR) is 83.8 cm³/mol. The molecule has 0 bridgehead atoms. The highest BCUT2D eigenvalue weighted by Gasteiger charge is 2.03. The van der Waals surface area contributed by atoms with Gasteiger partial charge >= 0.3 is 10.4 Å². The van der Waals surface area contributed by atoms with E-state index in [0.717, 1.165) is 5.69 Å². The summed E-state index contributed by atoms with van der Waals surface area (Å²) in [6, 6.07) is 11.4. The van der Waals surface area contributed by atoms with E-state index in [4.69, 9.17) is 14.7 Å². The molecule has 0 atom stereocenters. The first-order valence-electron chi connectivity index (χ1n) is 6.81. The van der Waals surface area contributed by atoms with Crippen molar-refractivity contribution in [3.8, 4) is 11.6 Å². The largest absolute Gasteiger partial charge is 0.478 e. The SMILES string of the molecule is CCOS(=O)(=O)O.CCOc1cc(=N)cnn1-c1ccccc1. The zero-order chi connectivity index (χ0) is 17.3. The molecule has 0 amide bonds. The van der Waals surface area contributed by atoms with Gasteiger partial charge in [0.15, 0.2) is 0 Å². The molecule has 0 saturated heterocycles. The van der Waals surface area contributed by atoms with E-state index >= 15 is 0 Å². The monoisotopic (exact) mass is 341 g/mol. The Morgan fingerprint density at radius 1 is 1.22 bits per heavy atom. The molecule has 23 heavy (non-hydrogen) atoms. The Bertz CT molecular complexity index is 759. The fourth-order valence-electron chi connectivity index (χ4n) is 1.57. The lowest BCUT2D eigenvalue weighted by molar-refractivity contribution is 0.283. The van der Waals surface area contributed by atoms with Crippen LogP contribution in [0.5, 0.6) is 5.88 Å². The van der Waals surface area contributed by atoms with Crippen molar-refractivity contribution in [2.45, 2.75) is 13.8 Å². The molecule has 0 aliphatic rings. The van der Waals surface area contributed by atoms with E-state index in [2.05, 4.69) is 9.28 Å². The summed E-state index contributed by atoms with van der Waals surface area (Å²) >= 11 is 0. The molecule has 1 aromatic heterocycles. The van der Waals surface area contributed by atoms with Crippen molar-refractivity contribution in [1.82, 2.24) is 9.78 Å². The maximum Gasteiger partial charge on any atom is 0.397 e. The number of nitrogens with one attached hydrogen (secondary N) is 1. The molecule has 2 aromatic rings. The van der Waals surface area contributed by atoms with Crippen molar-refractivity contribution in [2.24, 2.45) is 0 Å². The van der Waals surface area contributed by atoms with Crippen molar-refractivity contribution in [2.75, 3.05) is 13.2 Å². The highest BCUT2D eigenvalue weighted by atomic mass is 32.3. The third kappa shape index (κ3) is 7.04. The van der Waals surface area contributed by atoms with Crippen LogP contribution in [0.25, 0.3) is 5.69 Å². The van der Waals surface area contributed by atoms with E-state index in [1.54, 1.807) is 10.7 Å². The molecule has 0 fully saturated rings. The van der Waals surface area contributed by atoms with Crippen molar-refractivity contribution < 1.29 is 21.9 Å². The van der Waals surface area contributed by atoms with Crippen LogP contribution in [0.2, 0.25) is 0 Å². The molecule has 1 aromatic carbocycles. The smallest absolute Gasteiger partial charge is 0.397 e. The maximum atomic E-state index is 9.56. The van der Waals surface area contributed by atoms with Gasteiger partial charge in [0, 0.05) is 6.07 Å². The van der Waals surface area contributed by atoms with Gasteiger partial charge in [-0.25, -0.2) is 8.86 Å². The average Bonchev–Trinajstić information content (AvgIpc) is 2.48. The number of nitrogens with zero attached hydrogens (tertiary/aromatic N) is 2. The normalized spacial score (nSPS) is 10.6. The minimum Gasteiger partial charge on any atom is -0.478 e.